The molecule has 4 heteroatoms. The molecule has 0 aliphatic heterocycles. The molecule has 3 heterocycles. The molecule has 3 aromatic heterocycles. The molecular formula is C10H7BrN2O. The number of methoxy groups -OCH3 is 1. The van der Waals surface area contributed by atoms with Crippen molar-refractivity contribution in [3.63, 3.8) is 0 Å². The number of nitrogens with zero attached hydrogens (tertiary/aromatic N) is 2. The predicted octanol–water partition coefficient (Wildman–Crippen LogP) is 2.70. The summed E-state index contributed by atoms with van der Waals surface area (Å²) in [6, 6.07) is 8.04. The van der Waals surface area contributed by atoms with Crippen molar-refractivity contribution in [2.45, 2.75) is 0 Å². The molecule has 0 atom stereocenters. The van der Waals surface area contributed by atoms with Gasteiger partial charge in [0.25, 0.3) is 0 Å². The topological polar surface area (TPSA) is 26.5 Å². The van der Waals surface area contributed by atoms with Gasteiger partial charge in [0.15, 0.2) is 0 Å². The number of pyridine rings is 1. The first-order chi connectivity index (χ1) is 6.81. The molecule has 0 saturated heterocycles. The standard InChI is InChI=1S/C10H7BrN2O/c1-14-10-8-4-2-3-7-6(11)5-9(12-10)13(7)8/h2-5H,1H3. The van der Waals surface area contributed by atoms with Crippen LogP contribution >= 0.6 is 15.9 Å². The van der Waals surface area contributed by atoms with Crippen LogP contribution in [0.1, 0.15) is 0 Å². The van der Waals surface area contributed by atoms with E-state index < -0.39 is 0 Å². The largest absolute Gasteiger partial charge is 0.479 e. The second kappa shape index (κ2) is 2.60. The Hall–Kier alpha value is -1.29. The van der Waals surface area contributed by atoms with E-state index in [1.165, 1.54) is 0 Å². The zero-order chi connectivity index (χ0) is 9.71. The normalized spacial score (nSPS) is 11.6. The molecule has 0 aromatic carbocycles. The number of imidazole rings is 1. The van der Waals surface area contributed by atoms with E-state index in [1.54, 1.807) is 7.11 Å². The van der Waals surface area contributed by atoms with Crippen molar-refractivity contribution in [2.75, 3.05) is 7.11 Å². The maximum Gasteiger partial charge on any atom is 0.240 e. The highest BCUT2D eigenvalue weighted by atomic mass is 79.9. The molecule has 0 radical (unpaired) electrons. The van der Waals surface area contributed by atoms with Gasteiger partial charge in [-0.2, -0.15) is 4.98 Å². The van der Waals surface area contributed by atoms with E-state index in [9.17, 15) is 0 Å². The third-order valence-corrected chi connectivity index (χ3v) is 2.98. The van der Waals surface area contributed by atoms with Gasteiger partial charge in [-0.1, -0.05) is 6.07 Å². The first-order valence-electron chi connectivity index (χ1n) is 4.24. The molecule has 0 N–H and O–H groups in total. The van der Waals surface area contributed by atoms with Crippen molar-refractivity contribution in [1.29, 1.82) is 0 Å². The van der Waals surface area contributed by atoms with E-state index >= 15 is 0 Å². The summed E-state index contributed by atoms with van der Waals surface area (Å²) < 4.78 is 8.33. The van der Waals surface area contributed by atoms with Gasteiger partial charge in [0.2, 0.25) is 5.88 Å². The van der Waals surface area contributed by atoms with Crippen LogP contribution < -0.4 is 4.74 Å². The van der Waals surface area contributed by atoms with Crippen LogP contribution in [0.5, 0.6) is 5.88 Å². The van der Waals surface area contributed by atoms with Crippen molar-refractivity contribution in [3.05, 3.63) is 28.7 Å². The van der Waals surface area contributed by atoms with Crippen LogP contribution in [0.25, 0.3) is 16.7 Å². The van der Waals surface area contributed by atoms with Gasteiger partial charge in [-0.25, -0.2) is 0 Å². The molecule has 0 amide bonds. The summed E-state index contributed by atoms with van der Waals surface area (Å²) in [5.41, 5.74) is 3.04. The highest BCUT2D eigenvalue weighted by molar-refractivity contribution is 9.10. The maximum absolute atomic E-state index is 5.20. The Bertz CT molecular complexity index is 602. The average molecular weight is 251 g/mol. The lowest BCUT2D eigenvalue weighted by Gasteiger charge is -1.97. The van der Waals surface area contributed by atoms with Gasteiger partial charge in [0.05, 0.1) is 12.6 Å². The average Bonchev–Trinajstić information content (AvgIpc) is 2.71. The van der Waals surface area contributed by atoms with Crippen molar-refractivity contribution < 1.29 is 4.74 Å². The lowest BCUT2D eigenvalue weighted by molar-refractivity contribution is 0.405. The number of ether oxygens (including phenoxy) is 1. The SMILES string of the molecule is COc1nc2cc(Br)c3cccc1n23. The van der Waals surface area contributed by atoms with Gasteiger partial charge in [-0.05, 0) is 34.1 Å². The van der Waals surface area contributed by atoms with Gasteiger partial charge < -0.3 is 4.74 Å². The Labute approximate surface area is 88.8 Å². The summed E-state index contributed by atoms with van der Waals surface area (Å²) in [5, 5.41) is 0. The van der Waals surface area contributed by atoms with Gasteiger partial charge >= 0.3 is 0 Å². The molecule has 0 fully saturated rings. The maximum atomic E-state index is 5.20. The van der Waals surface area contributed by atoms with Crippen LogP contribution in [0.15, 0.2) is 28.7 Å². The third-order valence-electron chi connectivity index (χ3n) is 2.35. The summed E-state index contributed by atoms with van der Waals surface area (Å²) >= 11 is 3.50. The first kappa shape index (κ1) is 8.05. The predicted molar refractivity (Wildman–Crippen MR) is 58.1 cm³/mol. The highest BCUT2D eigenvalue weighted by Gasteiger charge is 2.13. The summed E-state index contributed by atoms with van der Waals surface area (Å²) in [7, 11) is 1.64. The van der Waals surface area contributed by atoms with E-state index in [2.05, 4.69) is 25.3 Å². The van der Waals surface area contributed by atoms with Crippen LogP contribution in [0.4, 0.5) is 0 Å². The molecule has 0 aliphatic carbocycles. The molecule has 0 unspecified atom stereocenters. The van der Waals surface area contributed by atoms with Crippen LogP contribution in [-0.2, 0) is 0 Å². The fraction of sp³-hybridized carbons (Fsp3) is 0.100. The summed E-state index contributed by atoms with van der Waals surface area (Å²) in [6.45, 7) is 0. The second-order valence-electron chi connectivity index (χ2n) is 3.10. The van der Waals surface area contributed by atoms with Gasteiger partial charge in [0.1, 0.15) is 11.2 Å². The van der Waals surface area contributed by atoms with Crippen molar-refractivity contribution in [2.24, 2.45) is 0 Å². The van der Waals surface area contributed by atoms with Crippen molar-refractivity contribution in [3.8, 4) is 5.88 Å². The van der Waals surface area contributed by atoms with E-state index in [1.807, 2.05) is 24.3 Å². The van der Waals surface area contributed by atoms with E-state index in [4.69, 9.17) is 4.74 Å². The molecule has 0 bridgehead atoms. The molecule has 14 heavy (non-hydrogen) atoms. The molecule has 3 aromatic rings. The Morgan fingerprint density at radius 3 is 2.93 bits per heavy atom. The Kier molecular flexibility index (Phi) is 1.50. The number of hydrogen-bond donors (Lipinski definition) is 0. The highest BCUT2D eigenvalue weighted by Crippen LogP contribution is 2.30. The molecule has 3 rings (SSSR count). The minimum absolute atomic E-state index is 0.679. The zero-order valence-electron chi connectivity index (χ0n) is 7.49. The third kappa shape index (κ3) is 0.838. The fourth-order valence-corrected chi connectivity index (χ4v) is 2.27. The van der Waals surface area contributed by atoms with Gasteiger partial charge in [-0.15, -0.1) is 0 Å². The summed E-state index contributed by atoms with van der Waals surface area (Å²) in [4.78, 5) is 4.36. The summed E-state index contributed by atoms with van der Waals surface area (Å²) in [5.74, 6) is 0.679. The minimum Gasteiger partial charge on any atom is -0.479 e. The quantitative estimate of drug-likeness (QED) is 0.664. The molecular weight excluding hydrogens is 244 g/mol. The van der Waals surface area contributed by atoms with E-state index in [-0.39, 0.29) is 0 Å². The summed E-state index contributed by atoms with van der Waals surface area (Å²) in [6.07, 6.45) is 0. The molecule has 3 nitrogen and oxygen atoms in total. The lowest BCUT2D eigenvalue weighted by Crippen LogP contribution is -1.84. The molecule has 0 aliphatic rings. The molecule has 0 saturated carbocycles. The number of aromatic nitrogens is 2. The Morgan fingerprint density at radius 1 is 1.36 bits per heavy atom. The molecule has 70 valence electrons. The fourth-order valence-electron chi connectivity index (χ4n) is 1.76. The number of rotatable bonds is 1. The zero-order valence-corrected chi connectivity index (χ0v) is 9.08. The number of hydrogen-bond acceptors (Lipinski definition) is 2. The molecule has 0 spiro atoms. The first-order valence-corrected chi connectivity index (χ1v) is 5.03. The Balaban J connectivity index is 2.60. The van der Waals surface area contributed by atoms with Crippen LogP contribution in [0.2, 0.25) is 0 Å². The smallest absolute Gasteiger partial charge is 0.240 e. The minimum atomic E-state index is 0.679. The number of halogens is 1. The van der Waals surface area contributed by atoms with Crippen LogP contribution in [-0.4, -0.2) is 16.5 Å². The van der Waals surface area contributed by atoms with Crippen LogP contribution in [0, 0.1) is 0 Å². The van der Waals surface area contributed by atoms with E-state index in [0.717, 1.165) is 21.2 Å². The van der Waals surface area contributed by atoms with Crippen molar-refractivity contribution in [1.82, 2.24) is 9.38 Å². The Morgan fingerprint density at radius 2 is 2.14 bits per heavy atom. The van der Waals surface area contributed by atoms with Gasteiger partial charge in [0, 0.05) is 4.47 Å². The van der Waals surface area contributed by atoms with Crippen molar-refractivity contribution >= 4 is 32.6 Å². The monoisotopic (exact) mass is 250 g/mol. The van der Waals surface area contributed by atoms with Crippen LogP contribution in [0.3, 0.4) is 0 Å². The lowest BCUT2D eigenvalue weighted by atomic mass is 10.3. The van der Waals surface area contributed by atoms with Gasteiger partial charge in [-0.3, -0.25) is 4.40 Å². The second-order valence-corrected chi connectivity index (χ2v) is 3.96. The van der Waals surface area contributed by atoms with E-state index in [0.29, 0.717) is 5.88 Å².